The fraction of sp³-hybridized carbons (Fsp3) is 0.238. The largest absolute Gasteiger partial charge is 0.467 e. The fourth-order valence-corrected chi connectivity index (χ4v) is 3.98. The Morgan fingerprint density at radius 1 is 1.26 bits per heavy atom. The molecule has 160 valence electrons. The lowest BCUT2D eigenvalue weighted by atomic mass is 10.3. The maximum atomic E-state index is 13.3. The monoisotopic (exact) mass is 441 g/mol. The number of carbonyl (C=O) groups excluding carboxylic acids is 1. The van der Waals surface area contributed by atoms with Gasteiger partial charge in [-0.25, -0.2) is 9.37 Å². The first-order chi connectivity index (χ1) is 15.0. The number of thioether (sulfide) groups is 1. The van der Waals surface area contributed by atoms with Gasteiger partial charge in [0.15, 0.2) is 10.7 Å². The van der Waals surface area contributed by atoms with E-state index in [0.717, 1.165) is 11.8 Å². The predicted octanol–water partition coefficient (Wildman–Crippen LogP) is 3.43. The highest BCUT2D eigenvalue weighted by Crippen LogP contribution is 2.21. The Labute approximate surface area is 181 Å². The molecule has 0 unspecified atom stereocenters. The molecule has 31 heavy (non-hydrogen) atoms. The number of halogens is 1. The molecule has 0 spiro atoms. The first-order valence-electron chi connectivity index (χ1n) is 9.64. The van der Waals surface area contributed by atoms with Crippen molar-refractivity contribution in [3.8, 4) is 0 Å². The average molecular weight is 441 g/mol. The van der Waals surface area contributed by atoms with E-state index >= 15 is 0 Å². The molecule has 0 bridgehead atoms. The third-order valence-electron chi connectivity index (χ3n) is 4.64. The zero-order valence-corrected chi connectivity index (χ0v) is 17.8. The number of hydrogen-bond acceptors (Lipinski definition) is 6. The number of hydrogen-bond donors (Lipinski definition) is 1. The van der Waals surface area contributed by atoms with Crippen molar-refractivity contribution in [2.45, 2.75) is 32.1 Å². The summed E-state index contributed by atoms with van der Waals surface area (Å²) < 4.78 is 21.6. The highest BCUT2D eigenvalue weighted by atomic mass is 32.2. The van der Waals surface area contributed by atoms with E-state index in [0.29, 0.717) is 39.9 Å². The van der Waals surface area contributed by atoms with Gasteiger partial charge in [0.05, 0.1) is 24.3 Å². The molecule has 0 aliphatic heterocycles. The highest BCUT2D eigenvalue weighted by Gasteiger charge is 2.19. The van der Waals surface area contributed by atoms with Crippen LogP contribution in [-0.2, 0) is 17.9 Å². The molecule has 3 aromatic heterocycles. The Kier molecular flexibility index (Phi) is 5.90. The average Bonchev–Trinajstić information content (AvgIpc) is 3.38. The minimum Gasteiger partial charge on any atom is -0.467 e. The molecule has 4 aromatic rings. The van der Waals surface area contributed by atoms with Crippen molar-refractivity contribution in [3.05, 3.63) is 70.3 Å². The van der Waals surface area contributed by atoms with Crippen LogP contribution in [0.5, 0.6) is 0 Å². The van der Waals surface area contributed by atoms with E-state index < -0.39 is 0 Å². The van der Waals surface area contributed by atoms with Gasteiger partial charge in [0.2, 0.25) is 5.91 Å². The predicted molar refractivity (Wildman–Crippen MR) is 116 cm³/mol. The van der Waals surface area contributed by atoms with Gasteiger partial charge in [-0.05, 0) is 50.2 Å². The number of aryl methyl sites for hydroxylation is 2. The molecular weight excluding hydrogens is 421 g/mol. The summed E-state index contributed by atoms with van der Waals surface area (Å²) in [5, 5.41) is 7.50. The van der Waals surface area contributed by atoms with Crippen LogP contribution >= 0.6 is 11.8 Å². The van der Waals surface area contributed by atoms with Crippen LogP contribution in [0.2, 0.25) is 0 Å². The van der Waals surface area contributed by atoms with E-state index in [9.17, 15) is 14.0 Å². The third-order valence-corrected chi connectivity index (χ3v) is 5.61. The number of nitrogens with one attached hydrogen (secondary N) is 1. The Hall–Kier alpha value is -3.40. The highest BCUT2D eigenvalue weighted by molar-refractivity contribution is 7.99. The summed E-state index contributed by atoms with van der Waals surface area (Å²) in [7, 11) is 0. The van der Waals surface area contributed by atoms with Gasteiger partial charge < -0.3 is 9.73 Å². The molecule has 1 N–H and O–H groups in total. The Morgan fingerprint density at radius 3 is 2.71 bits per heavy atom. The van der Waals surface area contributed by atoms with E-state index in [2.05, 4.69) is 15.4 Å². The second-order valence-electron chi connectivity index (χ2n) is 6.81. The summed E-state index contributed by atoms with van der Waals surface area (Å²) in [5.74, 6) is -0.0551. The van der Waals surface area contributed by atoms with Gasteiger partial charge in [0, 0.05) is 12.2 Å². The molecule has 0 saturated heterocycles. The minimum absolute atomic E-state index is 0.0223. The normalized spacial score (nSPS) is 11.2. The second kappa shape index (κ2) is 8.76. The quantitative estimate of drug-likeness (QED) is 0.349. The molecule has 1 aromatic carbocycles. The van der Waals surface area contributed by atoms with Gasteiger partial charge in [-0.15, -0.1) is 0 Å². The first-order valence-corrected chi connectivity index (χ1v) is 10.6. The van der Waals surface area contributed by atoms with Gasteiger partial charge in [-0.1, -0.05) is 11.8 Å². The van der Waals surface area contributed by atoms with Crippen LogP contribution in [-0.4, -0.2) is 31.0 Å². The lowest BCUT2D eigenvalue weighted by Crippen LogP contribution is -2.26. The van der Waals surface area contributed by atoms with Crippen molar-refractivity contribution in [2.24, 2.45) is 0 Å². The lowest BCUT2D eigenvalue weighted by Gasteiger charge is -2.12. The molecule has 0 aliphatic rings. The molecule has 0 aliphatic carbocycles. The first kappa shape index (κ1) is 20.9. The number of carbonyl (C=O) groups is 1. The maximum absolute atomic E-state index is 13.3. The Balaban J connectivity index is 1.65. The standard InChI is InChI=1S/C21H20FN5O3S/c1-3-27-19-18(13(2)25-27)24-21(26(20(19)29)11-16-5-4-10-30-16)31-12-17(28)23-15-8-6-14(22)7-9-15/h4-10H,3,11-12H2,1-2H3,(H,23,28). The number of furan rings is 1. The van der Waals surface area contributed by atoms with E-state index in [1.165, 1.54) is 35.1 Å². The van der Waals surface area contributed by atoms with Crippen LogP contribution in [0, 0.1) is 12.7 Å². The zero-order valence-electron chi connectivity index (χ0n) is 17.0. The van der Waals surface area contributed by atoms with Crippen molar-refractivity contribution in [1.82, 2.24) is 19.3 Å². The van der Waals surface area contributed by atoms with Gasteiger partial charge in [-0.3, -0.25) is 18.8 Å². The number of amides is 1. The number of benzene rings is 1. The topological polar surface area (TPSA) is 95.0 Å². The summed E-state index contributed by atoms with van der Waals surface area (Å²) in [4.78, 5) is 30.3. The SMILES string of the molecule is CCn1nc(C)c2nc(SCC(=O)Nc3ccc(F)cc3)n(Cc3ccco3)c(=O)c21. The number of rotatable bonds is 7. The smallest absolute Gasteiger partial charge is 0.280 e. The van der Waals surface area contributed by atoms with Crippen LogP contribution in [0.15, 0.2) is 57.0 Å². The van der Waals surface area contributed by atoms with Gasteiger partial charge in [0.25, 0.3) is 5.56 Å². The van der Waals surface area contributed by atoms with E-state index in [4.69, 9.17) is 4.42 Å². The Bertz CT molecular complexity index is 1280. The summed E-state index contributed by atoms with van der Waals surface area (Å²) in [6, 6.07) is 9.03. The number of aromatic nitrogens is 4. The molecule has 1 amide bonds. The van der Waals surface area contributed by atoms with Gasteiger partial charge in [-0.2, -0.15) is 5.10 Å². The van der Waals surface area contributed by atoms with Crippen LogP contribution in [0.1, 0.15) is 18.4 Å². The van der Waals surface area contributed by atoms with E-state index in [1.54, 1.807) is 23.7 Å². The van der Waals surface area contributed by atoms with Gasteiger partial charge in [0.1, 0.15) is 17.1 Å². The summed E-state index contributed by atoms with van der Waals surface area (Å²) in [6.07, 6.45) is 1.54. The number of nitrogens with zero attached hydrogens (tertiary/aromatic N) is 4. The second-order valence-corrected chi connectivity index (χ2v) is 7.75. The summed E-state index contributed by atoms with van der Waals surface area (Å²) in [5.41, 5.74) is 1.83. The van der Waals surface area contributed by atoms with Crippen molar-refractivity contribution >= 4 is 34.4 Å². The minimum atomic E-state index is -0.380. The van der Waals surface area contributed by atoms with E-state index in [1.807, 2.05) is 6.92 Å². The third kappa shape index (κ3) is 4.38. The Morgan fingerprint density at radius 2 is 2.03 bits per heavy atom. The van der Waals surface area contributed by atoms with Crippen LogP contribution < -0.4 is 10.9 Å². The summed E-state index contributed by atoms with van der Waals surface area (Å²) >= 11 is 1.14. The fourth-order valence-electron chi connectivity index (χ4n) is 3.19. The molecule has 10 heteroatoms. The molecule has 0 fully saturated rings. The van der Waals surface area contributed by atoms with Crippen molar-refractivity contribution in [3.63, 3.8) is 0 Å². The van der Waals surface area contributed by atoms with Crippen molar-refractivity contribution in [2.75, 3.05) is 11.1 Å². The number of fused-ring (bicyclic) bond motifs is 1. The van der Waals surface area contributed by atoms with Crippen LogP contribution in [0.3, 0.4) is 0 Å². The molecule has 0 saturated carbocycles. The van der Waals surface area contributed by atoms with Gasteiger partial charge >= 0.3 is 0 Å². The lowest BCUT2D eigenvalue weighted by molar-refractivity contribution is -0.113. The van der Waals surface area contributed by atoms with E-state index in [-0.39, 0.29) is 29.6 Å². The molecule has 3 heterocycles. The molecule has 8 nitrogen and oxygen atoms in total. The number of anilines is 1. The van der Waals surface area contributed by atoms with Crippen molar-refractivity contribution < 1.29 is 13.6 Å². The molecule has 0 radical (unpaired) electrons. The summed E-state index contributed by atoms with van der Waals surface area (Å²) in [6.45, 7) is 4.43. The maximum Gasteiger partial charge on any atom is 0.280 e. The van der Waals surface area contributed by atoms with Crippen LogP contribution in [0.4, 0.5) is 10.1 Å². The molecule has 0 atom stereocenters. The zero-order chi connectivity index (χ0) is 22.0. The molecule has 4 rings (SSSR count). The molecular formula is C21H20FN5O3S. The van der Waals surface area contributed by atoms with Crippen molar-refractivity contribution in [1.29, 1.82) is 0 Å². The van der Waals surface area contributed by atoms with Crippen LogP contribution in [0.25, 0.3) is 11.0 Å².